The fourth-order valence-electron chi connectivity index (χ4n) is 2.57. The van der Waals surface area contributed by atoms with Gasteiger partial charge in [0.15, 0.2) is 0 Å². The Hall–Kier alpha value is -1.33. The molecule has 0 bridgehead atoms. The summed E-state index contributed by atoms with van der Waals surface area (Å²) in [6.07, 6.45) is 1.66. The molecule has 1 aromatic carbocycles. The number of benzene rings is 1. The molecule has 0 aliphatic carbocycles. The van der Waals surface area contributed by atoms with Crippen molar-refractivity contribution in [2.75, 3.05) is 25.0 Å². The van der Waals surface area contributed by atoms with Gasteiger partial charge in [-0.15, -0.1) is 0 Å². The highest BCUT2D eigenvalue weighted by Crippen LogP contribution is 2.28. The summed E-state index contributed by atoms with van der Waals surface area (Å²) in [6, 6.07) is 5.57. The number of halogens is 1. The molecule has 1 aliphatic heterocycles. The smallest absolute Gasteiger partial charge is 0.222 e. The quantitative estimate of drug-likeness (QED) is 0.838. The van der Waals surface area contributed by atoms with Crippen LogP contribution in [-0.2, 0) is 4.79 Å². The molecule has 20 heavy (non-hydrogen) atoms. The zero-order chi connectivity index (χ0) is 14.7. The third-order valence-electron chi connectivity index (χ3n) is 3.68. The van der Waals surface area contributed by atoms with E-state index in [9.17, 15) is 4.79 Å². The molecule has 0 saturated carbocycles. The van der Waals surface area contributed by atoms with Gasteiger partial charge in [0.25, 0.3) is 0 Å². The van der Waals surface area contributed by atoms with Gasteiger partial charge in [-0.1, -0.05) is 23.8 Å². The summed E-state index contributed by atoms with van der Waals surface area (Å²) < 4.78 is 0. The van der Waals surface area contributed by atoms with Crippen molar-refractivity contribution >= 4 is 40.4 Å². The molecule has 2 rings (SSSR count). The van der Waals surface area contributed by atoms with E-state index in [-0.39, 0.29) is 11.8 Å². The fourth-order valence-corrected chi connectivity index (χ4v) is 2.90. The molecule has 1 amide bonds. The lowest BCUT2D eigenvalue weighted by atomic mass is 9.95. The molecule has 1 aromatic rings. The summed E-state index contributed by atoms with van der Waals surface area (Å²) in [6.45, 7) is 1.63. The van der Waals surface area contributed by atoms with E-state index in [2.05, 4.69) is 10.2 Å². The van der Waals surface area contributed by atoms with Crippen molar-refractivity contribution in [1.29, 1.82) is 0 Å². The maximum Gasteiger partial charge on any atom is 0.222 e. The van der Waals surface area contributed by atoms with E-state index in [1.54, 1.807) is 13.1 Å². The molecule has 6 heteroatoms. The van der Waals surface area contributed by atoms with Crippen molar-refractivity contribution in [1.82, 2.24) is 5.32 Å². The predicted molar refractivity (Wildman–Crippen MR) is 86.3 cm³/mol. The number of thiocarbonyl (C=S) groups is 1. The molecule has 108 valence electrons. The Morgan fingerprint density at radius 1 is 1.45 bits per heavy atom. The molecule has 1 saturated heterocycles. The van der Waals surface area contributed by atoms with Gasteiger partial charge in [-0.2, -0.15) is 0 Å². The van der Waals surface area contributed by atoms with Crippen LogP contribution in [0.1, 0.15) is 18.4 Å². The fraction of sp³-hybridized carbons (Fsp3) is 0.429. The monoisotopic (exact) mass is 311 g/mol. The average Bonchev–Trinajstić information content (AvgIpc) is 2.46. The van der Waals surface area contributed by atoms with Crippen molar-refractivity contribution in [3.8, 4) is 0 Å². The molecular weight excluding hydrogens is 294 g/mol. The lowest BCUT2D eigenvalue weighted by Crippen LogP contribution is -2.40. The number of carbonyl (C=O) groups excluding carboxylic acids is 1. The number of nitrogens with one attached hydrogen (secondary N) is 1. The molecule has 3 N–H and O–H groups in total. The Kier molecular flexibility index (Phi) is 4.83. The van der Waals surface area contributed by atoms with E-state index < -0.39 is 0 Å². The van der Waals surface area contributed by atoms with Crippen LogP contribution in [0.3, 0.4) is 0 Å². The standard InChI is InChI=1S/C14H18ClN3OS/c1-17-14(19)9-4-6-18(7-5-9)12-3-2-10(15)8-11(12)13(16)20/h2-3,8-9H,4-7H2,1H3,(H2,16,20)(H,17,19). The minimum atomic E-state index is 0.0943. The van der Waals surface area contributed by atoms with Crippen LogP contribution in [0.4, 0.5) is 5.69 Å². The van der Waals surface area contributed by atoms with E-state index in [4.69, 9.17) is 29.6 Å². The first-order valence-corrected chi connectivity index (χ1v) is 7.37. The molecular formula is C14H18ClN3OS. The Morgan fingerprint density at radius 3 is 2.65 bits per heavy atom. The number of amides is 1. The van der Waals surface area contributed by atoms with Crippen LogP contribution in [0.5, 0.6) is 0 Å². The maximum absolute atomic E-state index is 11.6. The highest BCUT2D eigenvalue weighted by atomic mass is 35.5. The second-order valence-electron chi connectivity index (χ2n) is 4.90. The van der Waals surface area contributed by atoms with Gasteiger partial charge < -0.3 is 16.0 Å². The number of anilines is 1. The van der Waals surface area contributed by atoms with Gasteiger partial charge in [-0.25, -0.2) is 0 Å². The zero-order valence-corrected chi connectivity index (χ0v) is 12.9. The molecule has 0 atom stereocenters. The number of hydrogen-bond acceptors (Lipinski definition) is 3. The van der Waals surface area contributed by atoms with Gasteiger partial charge in [0.05, 0.1) is 0 Å². The normalized spacial score (nSPS) is 16.0. The Bertz CT molecular complexity index is 527. The van der Waals surface area contributed by atoms with E-state index in [0.717, 1.165) is 37.2 Å². The lowest BCUT2D eigenvalue weighted by molar-refractivity contribution is -0.125. The summed E-state index contributed by atoms with van der Waals surface area (Å²) in [5, 5.41) is 3.33. The van der Waals surface area contributed by atoms with Crippen molar-refractivity contribution in [2.24, 2.45) is 11.7 Å². The van der Waals surface area contributed by atoms with E-state index in [0.29, 0.717) is 10.0 Å². The van der Waals surface area contributed by atoms with Crippen LogP contribution in [-0.4, -0.2) is 31.0 Å². The minimum absolute atomic E-state index is 0.0943. The van der Waals surface area contributed by atoms with Crippen LogP contribution in [0.15, 0.2) is 18.2 Å². The Morgan fingerprint density at radius 2 is 2.10 bits per heavy atom. The number of rotatable bonds is 3. The second kappa shape index (κ2) is 6.41. The van der Waals surface area contributed by atoms with E-state index in [1.807, 2.05) is 12.1 Å². The maximum atomic E-state index is 11.6. The summed E-state index contributed by atoms with van der Waals surface area (Å²) in [5.41, 5.74) is 7.56. The highest BCUT2D eigenvalue weighted by Gasteiger charge is 2.25. The summed E-state index contributed by atoms with van der Waals surface area (Å²) in [7, 11) is 1.68. The van der Waals surface area contributed by atoms with Crippen molar-refractivity contribution < 1.29 is 4.79 Å². The Balaban J connectivity index is 2.15. The van der Waals surface area contributed by atoms with Gasteiger partial charge in [-0.3, -0.25) is 4.79 Å². The first-order valence-electron chi connectivity index (χ1n) is 6.59. The molecule has 1 aliphatic rings. The average molecular weight is 312 g/mol. The SMILES string of the molecule is CNC(=O)C1CCN(c2ccc(Cl)cc2C(N)=S)CC1. The van der Waals surface area contributed by atoms with Crippen molar-refractivity contribution in [3.05, 3.63) is 28.8 Å². The summed E-state index contributed by atoms with van der Waals surface area (Å²) in [5.74, 6) is 0.215. The number of hydrogen-bond donors (Lipinski definition) is 2. The van der Waals surface area contributed by atoms with Gasteiger partial charge in [0.2, 0.25) is 5.91 Å². The van der Waals surface area contributed by atoms with Crippen LogP contribution in [0, 0.1) is 5.92 Å². The Labute approximate surface area is 129 Å². The van der Waals surface area contributed by atoms with Crippen LogP contribution < -0.4 is 16.0 Å². The van der Waals surface area contributed by atoms with Gasteiger partial charge >= 0.3 is 0 Å². The molecule has 0 radical (unpaired) electrons. The van der Waals surface area contributed by atoms with Crippen LogP contribution in [0.2, 0.25) is 5.02 Å². The second-order valence-corrected chi connectivity index (χ2v) is 5.78. The minimum Gasteiger partial charge on any atom is -0.389 e. The zero-order valence-electron chi connectivity index (χ0n) is 11.4. The van der Waals surface area contributed by atoms with Crippen LogP contribution >= 0.6 is 23.8 Å². The number of nitrogens with two attached hydrogens (primary N) is 1. The van der Waals surface area contributed by atoms with E-state index >= 15 is 0 Å². The number of carbonyl (C=O) groups is 1. The third kappa shape index (κ3) is 3.22. The van der Waals surface area contributed by atoms with Gasteiger partial charge in [-0.05, 0) is 31.0 Å². The molecule has 1 heterocycles. The first-order chi connectivity index (χ1) is 9.52. The lowest BCUT2D eigenvalue weighted by Gasteiger charge is -2.34. The van der Waals surface area contributed by atoms with Crippen molar-refractivity contribution in [3.63, 3.8) is 0 Å². The largest absolute Gasteiger partial charge is 0.389 e. The van der Waals surface area contributed by atoms with E-state index in [1.165, 1.54) is 0 Å². The number of piperidine rings is 1. The summed E-state index contributed by atoms with van der Waals surface area (Å²) in [4.78, 5) is 14.2. The summed E-state index contributed by atoms with van der Waals surface area (Å²) >= 11 is 11.1. The van der Waals surface area contributed by atoms with Gasteiger partial charge in [0.1, 0.15) is 4.99 Å². The van der Waals surface area contributed by atoms with Crippen LogP contribution in [0.25, 0.3) is 0 Å². The molecule has 0 aromatic heterocycles. The molecule has 0 spiro atoms. The highest BCUT2D eigenvalue weighted by molar-refractivity contribution is 7.80. The molecule has 1 fully saturated rings. The predicted octanol–water partition coefficient (Wildman–Crippen LogP) is 1.94. The third-order valence-corrected chi connectivity index (χ3v) is 4.13. The topological polar surface area (TPSA) is 58.4 Å². The van der Waals surface area contributed by atoms with Crippen molar-refractivity contribution in [2.45, 2.75) is 12.8 Å². The number of nitrogens with zero attached hydrogens (tertiary/aromatic N) is 1. The van der Waals surface area contributed by atoms with Gasteiger partial charge in [0, 0.05) is 42.3 Å². The molecule has 4 nitrogen and oxygen atoms in total. The molecule has 0 unspecified atom stereocenters. The first kappa shape index (κ1) is 15.1.